The van der Waals surface area contributed by atoms with E-state index < -0.39 is 0 Å². The van der Waals surface area contributed by atoms with Crippen LogP contribution in [0.1, 0.15) is 20.8 Å². The lowest BCUT2D eigenvalue weighted by atomic mass is 10.2. The minimum Gasteiger partial charge on any atom is -0.491 e. The lowest BCUT2D eigenvalue weighted by Crippen LogP contribution is -2.50. The van der Waals surface area contributed by atoms with E-state index in [2.05, 4.69) is 27.7 Å². The molecule has 0 atom stereocenters. The lowest BCUT2D eigenvalue weighted by molar-refractivity contribution is -0.114. The minimum absolute atomic E-state index is 0.113. The van der Waals surface area contributed by atoms with Crippen LogP contribution in [0.25, 0.3) is 0 Å². The number of hydrogen-bond acceptors (Lipinski definition) is 4. The summed E-state index contributed by atoms with van der Waals surface area (Å²) < 4.78 is 5.69. The van der Waals surface area contributed by atoms with Crippen molar-refractivity contribution in [2.75, 3.05) is 41.7 Å². The number of nitrogens with zero attached hydrogens (tertiary/aromatic N) is 2. The Labute approximate surface area is 171 Å². The molecule has 2 aromatic carbocycles. The number of hydrogen-bond donors (Lipinski definition) is 2. The first kappa shape index (κ1) is 20.5. The van der Waals surface area contributed by atoms with E-state index in [0.717, 1.165) is 24.5 Å². The molecule has 29 heavy (non-hydrogen) atoms. The highest BCUT2D eigenvalue weighted by Gasteiger charge is 2.21. The van der Waals surface area contributed by atoms with E-state index in [4.69, 9.17) is 4.74 Å². The number of benzene rings is 2. The highest BCUT2D eigenvalue weighted by molar-refractivity contribution is 5.91. The van der Waals surface area contributed by atoms with Crippen molar-refractivity contribution in [2.24, 2.45) is 0 Å². The quantitative estimate of drug-likeness (QED) is 0.807. The highest BCUT2D eigenvalue weighted by Crippen LogP contribution is 2.22. The number of rotatable bonds is 5. The maximum Gasteiger partial charge on any atom is 0.321 e. The molecular formula is C22H28N4O3. The summed E-state index contributed by atoms with van der Waals surface area (Å²) in [4.78, 5) is 27.7. The first-order chi connectivity index (χ1) is 13.9. The Bertz CT molecular complexity index is 826. The van der Waals surface area contributed by atoms with Crippen LogP contribution in [0.2, 0.25) is 0 Å². The molecule has 7 heteroatoms. The normalized spacial score (nSPS) is 13.9. The van der Waals surface area contributed by atoms with E-state index in [1.54, 1.807) is 24.3 Å². The van der Waals surface area contributed by atoms with Gasteiger partial charge in [-0.05, 0) is 62.4 Å². The van der Waals surface area contributed by atoms with Crippen molar-refractivity contribution in [3.8, 4) is 5.75 Å². The average Bonchev–Trinajstić information content (AvgIpc) is 2.69. The van der Waals surface area contributed by atoms with Gasteiger partial charge in [-0.25, -0.2) is 4.79 Å². The molecule has 3 amide bonds. The first-order valence-electron chi connectivity index (χ1n) is 9.86. The Morgan fingerprint density at radius 2 is 1.41 bits per heavy atom. The fraction of sp³-hybridized carbons (Fsp3) is 0.364. The van der Waals surface area contributed by atoms with Gasteiger partial charge in [0.2, 0.25) is 5.91 Å². The van der Waals surface area contributed by atoms with Gasteiger partial charge in [0.15, 0.2) is 0 Å². The Kier molecular flexibility index (Phi) is 6.59. The van der Waals surface area contributed by atoms with E-state index >= 15 is 0 Å². The van der Waals surface area contributed by atoms with Crippen LogP contribution in [0, 0.1) is 0 Å². The van der Waals surface area contributed by atoms with Crippen molar-refractivity contribution in [1.29, 1.82) is 0 Å². The third-order valence-electron chi connectivity index (χ3n) is 4.60. The van der Waals surface area contributed by atoms with Crippen molar-refractivity contribution in [3.05, 3.63) is 48.5 Å². The molecule has 0 bridgehead atoms. The first-order valence-corrected chi connectivity index (χ1v) is 9.86. The number of carbonyl (C=O) groups is 2. The van der Waals surface area contributed by atoms with Crippen LogP contribution in [0.5, 0.6) is 5.75 Å². The van der Waals surface area contributed by atoms with Gasteiger partial charge in [-0.2, -0.15) is 0 Å². The molecule has 3 rings (SSSR count). The molecule has 0 unspecified atom stereocenters. The van der Waals surface area contributed by atoms with E-state index in [9.17, 15) is 9.59 Å². The number of piperazine rings is 1. The van der Waals surface area contributed by atoms with Crippen LogP contribution >= 0.6 is 0 Å². The van der Waals surface area contributed by atoms with E-state index in [0.29, 0.717) is 24.5 Å². The molecule has 1 aliphatic rings. The van der Waals surface area contributed by atoms with Crippen LogP contribution < -0.4 is 20.3 Å². The lowest BCUT2D eigenvalue weighted by Gasteiger charge is -2.36. The van der Waals surface area contributed by atoms with Crippen molar-refractivity contribution in [1.82, 2.24) is 4.90 Å². The molecule has 7 nitrogen and oxygen atoms in total. The number of anilines is 3. The summed E-state index contributed by atoms with van der Waals surface area (Å²) in [7, 11) is 0. The summed E-state index contributed by atoms with van der Waals surface area (Å²) in [6.07, 6.45) is 0.157. The van der Waals surface area contributed by atoms with Crippen LogP contribution in [0.4, 0.5) is 21.9 Å². The number of carbonyl (C=O) groups excluding carboxylic acids is 2. The molecule has 1 saturated heterocycles. The second-order valence-electron chi connectivity index (χ2n) is 7.32. The molecular weight excluding hydrogens is 368 g/mol. The largest absolute Gasteiger partial charge is 0.491 e. The van der Waals surface area contributed by atoms with Crippen LogP contribution in [0.3, 0.4) is 0 Å². The molecule has 2 aromatic rings. The summed E-state index contributed by atoms with van der Waals surface area (Å²) >= 11 is 0. The molecule has 2 N–H and O–H groups in total. The van der Waals surface area contributed by atoms with Gasteiger partial charge in [0, 0.05) is 50.2 Å². The monoisotopic (exact) mass is 396 g/mol. The second-order valence-corrected chi connectivity index (χ2v) is 7.32. The maximum atomic E-state index is 12.5. The van der Waals surface area contributed by atoms with E-state index in [-0.39, 0.29) is 18.0 Å². The third kappa shape index (κ3) is 5.88. The van der Waals surface area contributed by atoms with E-state index in [1.807, 2.05) is 30.9 Å². The highest BCUT2D eigenvalue weighted by atomic mass is 16.5. The molecule has 0 saturated carbocycles. The fourth-order valence-corrected chi connectivity index (χ4v) is 3.22. The van der Waals surface area contributed by atoms with Crippen molar-refractivity contribution < 1.29 is 14.3 Å². The standard InChI is InChI=1S/C22H28N4O3/c1-16(2)29-21-10-8-20(9-11-21)25-12-14-26(15-13-25)22(28)24-19-6-4-18(5-7-19)23-17(3)27/h4-11,16H,12-15H2,1-3H3,(H,23,27)(H,24,28). The Hall–Kier alpha value is -3.22. The molecule has 1 aliphatic heterocycles. The van der Waals surface area contributed by atoms with Crippen LogP contribution in [0.15, 0.2) is 48.5 Å². The molecule has 1 heterocycles. The van der Waals surface area contributed by atoms with Gasteiger partial charge in [0.25, 0.3) is 0 Å². The minimum atomic E-state index is -0.123. The van der Waals surface area contributed by atoms with E-state index in [1.165, 1.54) is 6.92 Å². The summed E-state index contributed by atoms with van der Waals surface area (Å²) in [6, 6.07) is 15.1. The van der Waals surface area contributed by atoms with Gasteiger partial charge in [0.05, 0.1) is 6.10 Å². The SMILES string of the molecule is CC(=O)Nc1ccc(NC(=O)N2CCN(c3ccc(OC(C)C)cc3)CC2)cc1. The fourth-order valence-electron chi connectivity index (χ4n) is 3.22. The van der Waals surface area contributed by atoms with Gasteiger partial charge < -0.3 is 25.2 Å². The number of nitrogens with one attached hydrogen (secondary N) is 2. The summed E-state index contributed by atoms with van der Waals surface area (Å²) in [5.41, 5.74) is 2.54. The third-order valence-corrected chi connectivity index (χ3v) is 4.60. The number of ether oxygens (including phenoxy) is 1. The van der Waals surface area contributed by atoms with Gasteiger partial charge in [-0.15, -0.1) is 0 Å². The maximum absolute atomic E-state index is 12.5. The number of urea groups is 1. The zero-order chi connectivity index (χ0) is 20.8. The van der Waals surface area contributed by atoms with Crippen molar-refractivity contribution >= 4 is 29.0 Å². The predicted molar refractivity (Wildman–Crippen MR) is 116 cm³/mol. The van der Waals surface area contributed by atoms with Crippen molar-refractivity contribution in [3.63, 3.8) is 0 Å². The molecule has 0 aromatic heterocycles. The van der Waals surface area contributed by atoms with Crippen LogP contribution in [-0.2, 0) is 4.79 Å². The smallest absolute Gasteiger partial charge is 0.321 e. The van der Waals surface area contributed by atoms with Gasteiger partial charge in [-0.3, -0.25) is 4.79 Å². The summed E-state index contributed by atoms with van der Waals surface area (Å²) in [5.74, 6) is 0.744. The average molecular weight is 396 g/mol. The Morgan fingerprint density at radius 1 is 0.862 bits per heavy atom. The van der Waals surface area contributed by atoms with Crippen LogP contribution in [-0.4, -0.2) is 49.1 Å². The number of amides is 3. The van der Waals surface area contributed by atoms with Gasteiger partial charge in [-0.1, -0.05) is 0 Å². The zero-order valence-corrected chi connectivity index (χ0v) is 17.1. The Morgan fingerprint density at radius 3 is 1.93 bits per heavy atom. The zero-order valence-electron chi connectivity index (χ0n) is 17.1. The molecule has 0 aliphatic carbocycles. The second kappa shape index (κ2) is 9.32. The Balaban J connectivity index is 1.49. The van der Waals surface area contributed by atoms with Gasteiger partial charge in [0.1, 0.15) is 5.75 Å². The summed E-state index contributed by atoms with van der Waals surface area (Å²) in [5, 5.41) is 5.62. The van der Waals surface area contributed by atoms with Crippen molar-refractivity contribution in [2.45, 2.75) is 26.9 Å². The molecule has 1 fully saturated rings. The topological polar surface area (TPSA) is 73.9 Å². The summed E-state index contributed by atoms with van der Waals surface area (Å²) in [6.45, 7) is 8.34. The molecule has 154 valence electrons. The predicted octanol–water partition coefficient (Wildman–Crippen LogP) is 3.79. The molecule has 0 radical (unpaired) electrons. The molecule has 0 spiro atoms. The van der Waals surface area contributed by atoms with Gasteiger partial charge >= 0.3 is 6.03 Å².